The van der Waals surface area contributed by atoms with Crippen molar-refractivity contribution in [2.45, 2.75) is 11.8 Å². The second-order valence-corrected chi connectivity index (χ2v) is 4.92. The van der Waals surface area contributed by atoms with Crippen LogP contribution in [-0.4, -0.2) is 18.2 Å². The van der Waals surface area contributed by atoms with Gasteiger partial charge in [-0.05, 0) is 19.1 Å². The first-order valence-electron chi connectivity index (χ1n) is 4.63. The van der Waals surface area contributed by atoms with Gasteiger partial charge < -0.3 is 0 Å². The van der Waals surface area contributed by atoms with Crippen molar-refractivity contribution in [3.63, 3.8) is 0 Å². The van der Waals surface area contributed by atoms with Crippen molar-refractivity contribution in [3.8, 4) is 5.69 Å². The highest BCUT2D eigenvalue weighted by molar-refractivity contribution is 7.89. The van der Waals surface area contributed by atoms with Gasteiger partial charge in [0, 0.05) is 0 Å². The second kappa shape index (κ2) is 3.73. The van der Waals surface area contributed by atoms with E-state index in [-0.39, 0.29) is 4.90 Å². The van der Waals surface area contributed by atoms with Crippen LogP contribution in [0.2, 0.25) is 0 Å². The van der Waals surface area contributed by atoms with Gasteiger partial charge in [0.05, 0.1) is 17.6 Å². The molecule has 0 unspecified atom stereocenters. The maximum atomic E-state index is 11.2. The summed E-state index contributed by atoms with van der Waals surface area (Å²) in [6.45, 7) is 1.67. The van der Waals surface area contributed by atoms with Gasteiger partial charge in [-0.25, -0.2) is 18.2 Å². The molecule has 16 heavy (non-hydrogen) atoms. The molecule has 0 saturated carbocycles. The van der Waals surface area contributed by atoms with E-state index in [2.05, 4.69) is 5.10 Å². The van der Waals surface area contributed by atoms with Crippen LogP contribution in [0.25, 0.3) is 5.69 Å². The standard InChI is InChI=1S/C10H11N3O2S/c1-8-10(16(11,14)15)7-12-13(8)9-5-3-2-4-6-9/h2-7H,1H3,(H2,11,14,15). The third-order valence-corrected chi connectivity index (χ3v) is 3.29. The number of primary sulfonamides is 1. The molecule has 0 radical (unpaired) electrons. The Bertz CT molecular complexity index is 602. The third-order valence-electron chi connectivity index (χ3n) is 2.27. The zero-order valence-corrected chi connectivity index (χ0v) is 9.48. The van der Waals surface area contributed by atoms with E-state index >= 15 is 0 Å². The maximum Gasteiger partial charge on any atom is 0.241 e. The molecule has 6 heteroatoms. The molecule has 0 aliphatic carbocycles. The topological polar surface area (TPSA) is 78.0 Å². The Labute approximate surface area is 93.6 Å². The summed E-state index contributed by atoms with van der Waals surface area (Å²) < 4.78 is 24.0. The third kappa shape index (κ3) is 1.84. The monoisotopic (exact) mass is 237 g/mol. The van der Waals surface area contributed by atoms with Crippen LogP contribution in [0, 0.1) is 6.92 Å². The molecule has 1 aromatic carbocycles. The molecular formula is C10H11N3O2S. The van der Waals surface area contributed by atoms with E-state index in [4.69, 9.17) is 5.14 Å². The molecule has 5 nitrogen and oxygen atoms in total. The van der Waals surface area contributed by atoms with E-state index in [1.54, 1.807) is 11.6 Å². The van der Waals surface area contributed by atoms with E-state index in [0.717, 1.165) is 5.69 Å². The number of nitrogens with zero attached hydrogens (tertiary/aromatic N) is 2. The number of para-hydroxylation sites is 1. The lowest BCUT2D eigenvalue weighted by molar-refractivity contribution is 0.597. The first-order chi connectivity index (χ1) is 7.50. The van der Waals surface area contributed by atoms with Crippen molar-refractivity contribution in [2.24, 2.45) is 5.14 Å². The summed E-state index contributed by atoms with van der Waals surface area (Å²) in [6, 6.07) is 9.27. The summed E-state index contributed by atoms with van der Waals surface area (Å²) >= 11 is 0. The Morgan fingerprint density at radius 3 is 2.38 bits per heavy atom. The van der Waals surface area contributed by atoms with Crippen LogP contribution in [0.15, 0.2) is 41.4 Å². The molecule has 2 aromatic rings. The lowest BCUT2D eigenvalue weighted by atomic mass is 10.3. The average Bonchev–Trinajstić information content (AvgIpc) is 2.61. The zero-order valence-electron chi connectivity index (χ0n) is 8.66. The number of hydrogen-bond donors (Lipinski definition) is 1. The molecule has 0 fully saturated rings. The highest BCUT2D eigenvalue weighted by Crippen LogP contribution is 2.16. The predicted molar refractivity (Wildman–Crippen MR) is 59.7 cm³/mol. The van der Waals surface area contributed by atoms with E-state index in [9.17, 15) is 8.42 Å². The van der Waals surface area contributed by atoms with Gasteiger partial charge in [-0.2, -0.15) is 5.10 Å². The van der Waals surface area contributed by atoms with Crippen molar-refractivity contribution >= 4 is 10.0 Å². The average molecular weight is 237 g/mol. The SMILES string of the molecule is Cc1c(S(N)(=O)=O)cnn1-c1ccccc1. The van der Waals surface area contributed by atoms with Crippen LogP contribution in [0.1, 0.15) is 5.69 Å². The molecule has 1 aromatic heterocycles. The van der Waals surface area contributed by atoms with E-state index in [1.165, 1.54) is 6.20 Å². The molecule has 0 aliphatic rings. The van der Waals surface area contributed by atoms with Crippen LogP contribution in [0.4, 0.5) is 0 Å². The quantitative estimate of drug-likeness (QED) is 0.840. The van der Waals surface area contributed by atoms with Gasteiger partial charge in [0.15, 0.2) is 0 Å². The molecule has 84 valence electrons. The number of rotatable bonds is 2. The van der Waals surface area contributed by atoms with Crippen molar-refractivity contribution in [1.29, 1.82) is 0 Å². The summed E-state index contributed by atoms with van der Waals surface area (Å²) in [5, 5.41) is 9.08. The fraction of sp³-hybridized carbons (Fsp3) is 0.100. The van der Waals surface area contributed by atoms with Gasteiger partial charge >= 0.3 is 0 Å². The Morgan fingerprint density at radius 2 is 1.88 bits per heavy atom. The van der Waals surface area contributed by atoms with Crippen molar-refractivity contribution in [3.05, 3.63) is 42.2 Å². The zero-order chi connectivity index (χ0) is 11.8. The summed E-state index contributed by atoms with van der Waals surface area (Å²) in [6.07, 6.45) is 1.26. The molecule has 2 rings (SSSR count). The van der Waals surface area contributed by atoms with Crippen LogP contribution in [-0.2, 0) is 10.0 Å². The van der Waals surface area contributed by atoms with Gasteiger partial charge in [-0.15, -0.1) is 0 Å². The second-order valence-electron chi connectivity index (χ2n) is 3.39. The van der Waals surface area contributed by atoms with Crippen LogP contribution >= 0.6 is 0 Å². The minimum Gasteiger partial charge on any atom is -0.237 e. The van der Waals surface area contributed by atoms with Gasteiger partial charge in [0.1, 0.15) is 4.90 Å². The molecule has 2 N–H and O–H groups in total. The summed E-state index contributed by atoms with van der Waals surface area (Å²) in [7, 11) is -3.70. The van der Waals surface area contributed by atoms with Crippen LogP contribution < -0.4 is 5.14 Å². The molecule has 0 aliphatic heterocycles. The predicted octanol–water partition coefficient (Wildman–Crippen LogP) is 0.828. The summed E-state index contributed by atoms with van der Waals surface area (Å²) in [4.78, 5) is 0.0522. The molecular weight excluding hydrogens is 226 g/mol. The first kappa shape index (κ1) is 10.8. The molecule has 1 heterocycles. The fourth-order valence-electron chi connectivity index (χ4n) is 1.50. The van der Waals surface area contributed by atoms with Gasteiger partial charge in [-0.1, -0.05) is 18.2 Å². The molecule has 0 atom stereocenters. The number of hydrogen-bond acceptors (Lipinski definition) is 3. The van der Waals surface area contributed by atoms with Crippen molar-refractivity contribution in [2.75, 3.05) is 0 Å². The number of nitrogens with two attached hydrogens (primary N) is 1. The van der Waals surface area contributed by atoms with Gasteiger partial charge in [0.2, 0.25) is 10.0 Å². The normalized spacial score (nSPS) is 11.6. The number of benzene rings is 1. The number of sulfonamides is 1. The Kier molecular flexibility index (Phi) is 2.53. The first-order valence-corrected chi connectivity index (χ1v) is 6.17. The molecule has 0 amide bonds. The maximum absolute atomic E-state index is 11.2. The van der Waals surface area contributed by atoms with E-state index in [1.807, 2.05) is 30.3 Å². The Balaban J connectivity index is 2.59. The minimum atomic E-state index is -3.70. The largest absolute Gasteiger partial charge is 0.241 e. The van der Waals surface area contributed by atoms with Crippen molar-refractivity contribution < 1.29 is 8.42 Å². The van der Waals surface area contributed by atoms with Crippen LogP contribution in [0.3, 0.4) is 0 Å². The van der Waals surface area contributed by atoms with Crippen LogP contribution in [0.5, 0.6) is 0 Å². The smallest absolute Gasteiger partial charge is 0.237 e. The van der Waals surface area contributed by atoms with Gasteiger partial charge in [0.25, 0.3) is 0 Å². The molecule has 0 bridgehead atoms. The lowest BCUT2D eigenvalue weighted by Crippen LogP contribution is -2.13. The highest BCUT2D eigenvalue weighted by Gasteiger charge is 2.16. The van der Waals surface area contributed by atoms with E-state index in [0.29, 0.717) is 5.69 Å². The molecule has 0 saturated heterocycles. The number of aromatic nitrogens is 2. The van der Waals surface area contributed by atoms with E-state index < -0.39 is 10.0 Å². The summed E-state index contributed by atoms with van der Waals surface area (Å²) in [5.74, 6) is 0. The summed E-state index contributed by atoms with van der Waals surface area (Å²) in [5.41, 5.74) is 1.31. The highest BCUT2D eigenvalue weighted by atomic mass is 32.2. The van der Waals surface area contributed by atoms with Gasteiger partial charge in [-0.3, -0.25) is 0 Å². The molecule has 0 spiro atoms. The minimum absolute atomic E-state index is 0.0522. The Morgan fingerprint density at radius 1 is 1.25 bits per heavy atom. The lowest BCUT2D eigenvalue weighted by Gasteiger charge is -2.03. The fourth-order valence-corrected chi connectivity index (χ4v) is 2.20. The Hall–Kier alpha value is -1.66. The van der Waals surface area contributed by atoms with Crippen molar-refractivity contribution in [1.82, 2.24) is 9.78 Å².